The minimum atomic E-state index is -0.708. The Bertz CT molecular complexity index is 1700. The van der Waals surface area contributed by atoms with Crippen LogP contribution < -0.4 is 19.8 Å². The lowest BCUT2D eigenvalue weighted by Gasteiger charge is -2.30. The molecule has 10 heteroatoms. The van der Waals surface area contributed by atoms with Crippen LogP contribution in [0.5, 0.6) is 0 Å². The highest BCUT2D eigenvalue weighted by molar-refractivity contribution is 7.07. The van der Waals surface area contributed by atoms with Gasteiger partial charge in [-0.1, -0.05) is 49.4 Å². The Morgan fingerprint density at radius 1 is 1.17 bits per heavy atom. The molecule has 2 aliphatic heterocycles. The fraction of sp³-hybridized carbons (Fsp3) is 0.387. The maximum absolute atomic E-state index is 14.1. The Labute approximate surface area is 242 Å². The highest BCUT2D eigenvalue weighted by Crippen LogP contribution is 2.32. The number of hydrogen-bond acceptors (Lipinski definition) is 8. The molecule has 1 fully saturated rings. The minimum Gasteiger partial charge on any atom is -0.463 e. The number of nitrogens with zero attached hydrogens (tertiary/aromatic N) is 4. The van der Waals surface area contributed by atoms with Crippen LogP contribution >= 0.6 is 11.3 Å². The summed E-state index contributed by atoms with van der Waals surface area (Å²) in [6.45, 7) is 9.63. The maximum atomic E-state index is 14.1. The Kier molecular flexibility index (Phi) is 8.21. The van der Waals surface area contributed by atoms with E-state index in [1.165, 1.54) is 23.5 Å². The van der Waals surface area contributed by atoms with Crippen LogP contribution in [0, 0.1) is 10.1 Å². The number of non-ortho nitro benzene ring substituents is 1. The molecule has 0 spiro atoms. The third-order valence-corrected chi connectivity index (χ3v) is 8.62. The molecule has 0 radical (unpaired) electrons. The lowest BCUT2D eigenvalue weighted by molar-refractivity contribution is -0.384. The number of piperidine rings is 1. The molecule has 2 aliphatic rings. The maximum Gasteiger partial charge on any atom is 0.338 e. The van der Waals surface area contributed by atoms with E-state index in [4.69, 9.17) is 4.74 Å². The van der Waals surface area contributed by atoms with Gasteiger partial charge in [0.15, 0.2) is 4.80 Å². The fourth-order valence-electron chi connectivity index (χ4n) is 5.51. The van der Waals surface area contributed by atoms with Crippen LogP contribution in [0.15, 0.2) is 63.5 Å². The molecule has 1 aromatic heterocycles. The average Bonchev–Trinajstić information content (AvgIpc) is 3.26. The van der Waals surface area contributed by atoms with Crippen LogP contribution in [0.1, 0.15) is 75.6 Å². The number of carbonyl (C=O) groups excluding carboxylic acids is 1. The highest BCUT2D eigenvalue weighted by Gasteiger charge is 2.33. The Hall–Kier alpha value is -4.05. The monoisotopic (exact) mass is 574 g/mol. The first-order valence-corrected chi connectivity index (χ1v) is 14.8. The molecule has 3 aromatic rings. The van der Waals surface area contributed by atoms with Crippen molar-refractivity contribution in [2.45, 2.75) is 58.9 Å². The molecule has 9 nitrogen and oxygen atoms in total. The summed E-state index contributed by atoms with van der Waals surface area (Å²) in [5.74, 6) is -0.177. The van der Waals surface area contributed by atoms with Gasteiger partial charge in [0.2, 0.25) is 0 Å². The van der Waals surface area contributed by atoms with Gasteiger partial charge in [-0.3, -0.25) is 19.5 Å². The van der Waals surface area contributed by atoms with Gasteiger partial charge in [-0.05, 0) is 62.3 Å². The van der Waals surface area contributed by atoms with E-state index in [-0.39, 0.29) is 17.9 Å². The predicted molar refractivity (Wildman–Crippen MR) is 160 cm³/mol. The Morgan fingerprint density at radius 2 is 1.88 bits per heavy atom. The second kappa shape index (κ2) is 11.8. The van der Waals surface area contributed by atoms with Gasteiger partial charge in [-0.2, -0.15) is 0 Å². The Morgan fingerprint density at radius 3 is 2.51 bits per heavy atom. The van der Waals surface area contributed by atoms with Crippen molar-refractivity contribution in [2.24, 2.45) is 4.99 Å². The molecule has 214 valence electrons. The number of hydrogen-bond donors (Lipinski definition) is 0. The SMILES string of the molecule is CCOC(=O)C1=C(C)N=c2s/c(=C\c3cc([N+](=O)[O-])ccc3N3CCCCC3)c(=O)n2C1c1ccc(C(C)C)cc1. The number of aromatic nitrogens is 1. The summed E-state index contributed by atoms with van der Waals surface area (Å²) in [6, 6.07) is 12.0. The van der Waals surface area contributed by atoms with Crippen LogP contribution in [0.25, 0.3) is 6.08 Å². The van der Waals surface area contributed by atoms with Crippen molar-refractivity contribution >= 4 is 34.8 Å². The van der Waals surface area contributed by atoms with E-state index in [1.54, 1.807) is 30.6 Å². The van der Waals surface area contributed by atoms with Crippen molar-refractivity contribution in [1.82, 2.24) is 4.57 Å². The van der Waals surface area contributed by atoms with Crippen molar-refractivity contribution in [2.75, 3.05) is 24.6 Å². The van der Waals surface area contributed by atoms with Crippen LogP contribution in [-0.2, 0) is 9.53 Å². The number of ether oxygens (including phenoxy) is 1. The number of anilines is 1. The highest BCUT2D eigenvalue weighted by atomic mass is 32.1. The van der Waals surface area contributed by atoms with Crippen molar-refractivity contribution < 1.29 is 14.5 Å². The van der Waals surface area contributed by atoms with E-state index in [0.717, 1.165) is 49.2 Å². The second-order valence-corrected chi connectivity index (χ2v) is 11.7. The summed E-state index contributed by atoms with van der Waals surface area (Å²) < 4.78 is 7.34. The van der Waals surface area contributed by atoms with E-state index in [9.17, 15) is 19.7 Å². The number of fused-ring (bicyclic) bond motifs is 1. The van der Waals surface area contributed by atoms with Crippen LogP contribution in [0.2, 0.25) is 0 Å². The van der Waals surface area contributed by atoms with Crippen LogP contribution in [-0.4, -0.2) is 35.2 Å². The first kappa shape index (κ1) is 28.5. The molecule has 0 bridgehead atoms. The number of benzene rings is 2. The molecular formula is C31H34N4O5S. The largest absolute Gasteiger partial charge is 0.463 e. The number of carbonyl (C=O) groups is 1. The van der Waals surface area contributed by atoms with Gasteiger partial charge in [0.1, 0.15) is 0 Å². The zero-order valence-electron chi connectivity index (χ0n) is 23.8. The molecular weight excluding hydrogens is 540 g/mol. The van der Waals surface area contributed by atoms with Crippen molar-refractivity contribution in [1.29, 1.82) is 0 Å². The molecule has 3 heterocycles. The van der Waals surface area contributed by atoms with Gasteiger partial charge in [-0.25, -0.2) is 9.79 Å². The second-order valence-electron chi connectivity index (χ2n) is 10.7. The van der Waals surface area contributed by atoms with Crippen molar-refractivity contribution in [3.05, 3.63) is 100 Å². The number of thiazole rings is 1. The molecule has 1 unspecified atom stereocenters. The summed E-state index contributed by atoms with van der Waals surface area (Å²) in [7, 11) is 0. The molecule has 5 rings (SSSR count). The Balaban J connectivity index is 1.70. The first-order valence-electron chi connectivity index (χ1n) is 14.0. The van der Waals surface area contributed by atoms with Crippen molar-refractivity contribution in [3.63, 3.8) is 0 Å². The standard InChI is InChI=1S/C31H34N4O5S/c1-5-40-30(37)27-20(4)32-31-34(28(27)22-11-9-21(10-12-22)19(2)3)29(36)26(41-31)18-23-17-24(35(38)39)13-14-25(23)33-15-7-6-8-16-33/h9-14,17-19,28H,5-8,15-16H2,1-4H3/b26-18-. The molecule has 2 aromatic carbocycles. The smallest absolute Gasteiger partial charge is 0.338 e. The zero-order valence-corrected chi connectivity index (χ0v) is 24.6. The van der Waals surface area contributed by atoms with E-state index < -0.39 is 16.9 Å². The quantitative estimate of drug-likeness (QED) is 0.228. The van der Waals surface area contributed by atoms with Gasteiger partial charge in [0.25, 0.3) is 11.2 Å². The lowest BCUT2D eigenvalue weighted by Crippen LogP contribution is -2.40. The molecule has 0 saturated carbocycles. The van der Waals surface area contributed by atoms with Crippen LogP contribution in [0.4, 0.5) is 11.4 Å². The molecule has 41 heavy (non-hydrogen) atoms. The summed E-state index contributed by atoms with van der Waals surface area (Å²) in [4.78, 5) is 45.8. The van der Waals surface area contributed by atoms with Gasteiger partial charge < -0.3 is 9.64 Å². The van der Waals surface area contributed by atoms with E-state index in [1.807, 2.05) is 24.3 Å². The normalized spacial score (nSPS) is 17.4. The summed E-state index contributed by atoms with van der Waals surface area (Å²) in [5, 5.41) is 11.6. The number of esters is 1. The minimum absolute atomic E-state index is 0.0339. The fourth-order valence-corrected chi connectivity index (χ4v) is 6.54. The van der Waals surface area contributed by atoms with Crippen molar-refractivity contribution in [3.8, 4) is 0 Å². The molecule has 1 saturated heterocycles. The van der Waals surface area contributed by atoms with Gasteiger partial charge in [-0.15, -0.1) is 0 Å². The van der Waals surface area contributed by atoms with E-state index >= 15 is 0 Å². The topological polar surface area (TPSA) is 107 Å². The molecule has 1 atom stereocenters. The van der Waals surface area contributed by atoms with Gasteiger partial charge in [0, 0.05) is 36.5 Å². The van der Waals surface area contributed by atoms with Gasteiger partial charge >= 0.3 is 5.97 Å². The first-order chi connectivity index (χ1) is 19.7. The number of rotatable bonds is 7. The molecule has 0 amide bonds. The molecule has 0 aliphatic carbocycles. The number of allylic oxidation sites excluding steroid dienone is 1. The summed E-state index contributed by atoms with van der Waals surface area (Å²) in [6.07, 6.45) is 4.97. The summed E-state index contributed by atoms with van der Waals surface area (Å²) in [5.41, 5.74) is 3.89. The zero-order chi connectivity index (χ0) is 29.3. The molecule has 0 N–H and O–H groups in total. The van der Waals surface area contributed by atoms with Gasteiger partial charge in [0.05, 0.1) is 33.4 Å². The predicted octanol–water partition coefficient (Wildman–Crippen LogP) is 4.82. The van der Waals surface area contributed by atoms with Crippen LogP contribution in [0.3, 0.4) is 0 Å². The number of nitro groups is 1. The van der Waals surface area contributed by atoms with E-state index in [2.05, 4.69) is 23.7 Å². The summed E-state index contributed by atoms with van der Waals surface area (Å²) >= 11 is 1.22. The lowest BCUT2D eigenvalue weighted by atomic mass is 9.93. The number of nitro benzene ring substituents is 1. The average molecular weight is 575 g/mol. The third-order valence-electron chi connectivity index (χ3n) is 7.64. The van der Waals surface area contributed by atoms with E-state index in [0.29, 0.717) is 32.1 Å². The third kappa shape index (κ3) is 5.61.